The van der Waals surface area contributed by atoms with Gasteiger partial charge in [-0.1, -0.05) is 6.07 Å². The molecule has 1 aromatic carbocycles. The van der Waals surface area contributed by atoms with Crippen molar-refractivity contribution in [2.24, 2.45) is 0 Å². The van der Waals surface area contributed by atoms with E-state index in [1.807, 2.05) is 0 Å². The van der Waals surface area contributed by atoms with E-state index >= 15 is 0 Å². The average molecular weight is 316 g/mol. The molecular formula is C14H13FN6O2. The minimum atomic E-state index is -0.672. The third-order valence-corrected chi connectivity index (χ3v) is 3.11. The summed E-state index contributed by atoms with van der Waals surface area (Å²) in [5, 5.41) is 7.61. The molecule has 0 spiro atoms. The number of carbonyl (C=O) groups excluding carboxylic acids is 1. The number of urea groups is 1. The smallest absolute Gasteiger partial charge is 0.308 e. The zero-order valence-corrected chi connectivity index (χ0v) is 12.3. The zero-order chi connectivity index (χ0) is 16.6. The zero-order valence-electron chi connectivity index (χ0n) is 12.3. The molecule has 23 heavy (non-hydrogen) atoms. The summed E-state index contributed by atoms with van der Waals surface area (Å²) in [6.07, 6.45) is 0. The number of nitrogens with one attached hydrogen (secondary N) is 3. The molecule has 9 heteroatoms. The number of halogens is 1. The van der Waals surface area contributed by atoms with Crippen LogP contribution in [0, 0.1) is 19.7 Å². The summed E-state index contributed by atoms with van der Waals surface area (Å²) < 4.78 is 14.2. The Morgan fingerprint density at radius 3 is 2.78 bits per heavy atom. The van der Waals surface area contributed by atoms with Gasteiger partial charge in [-0.15, -0.1) is 0 Å². The molecule has 3 aromatic rings. The second-order valence-corrected chi connectivity index (χ2v) is 4.91. The number of hydrogen-bond donors (Lipinski definition) is 3. The first-order valence-electron chi connectivity index (χ1n) is 6.73. The van der Waals surface area contributed by atoms with Gasteiger partial charge in [0.25, 0.3) is 11.3 Å². The molecule has 0 radical (unpaired) electrons. The number of amides is 2. The Balaban J connectivity index is 1.89. The van der Waals surface area contributed by atoms with Crippen LogP contribution in [0.25, 0.3) is 5.78 Å². The van der Waals surface area contributed by atoms with E-state index in [0.29, 0.717) is 11.5 Å². The molecule has 0 saturated heterocycles. The molecule has 0 unspecified atom stereocenters. The van der Waals surface area contributed by atoms with E-state index in [0.717, 1.165) is 4.52 Å². The number of fused-ring (bicyclic) bond motifs is 1. The number of aromatic nitrogens is 4. The maximum atomic E-state index is 13.1. The maximum Gasteiger partial charge on any atom is 0.323 e. The van der Waals surface area contributed by atoms with Gasteiger partial charge in [-0.2, -0.15) is 9.50 Å². The van der Waals surface area contributed by atoms with Gasteiger partial charge >= 0.3 is 6.03 Å². The number of H-pyrrole nitrogens is 1. The fraction of sp³-hybridized carbons (Fsp3) is 0.143. The molecule has 0 aliphatic heterocycles. The van der Waals surface area contributed by atoms with Crippen LogP contribution in [0.2, 0.25) is 0 Å². The van der Waals surface area contributed by atoms with Gasteiger partial charge < -0.3 is 10.6 Å². The van der Waals surface area contributed by atoms with Crippen molar-refractivity contribution in [3.63, 3.8) is 0 Å². The highest BCUT2D eigenvalue weighted by Crippen LogP contribution is 2.11. The molecule has 0 atom stereocenters. The van der Waals surface area contributed by atoms with Crippen molar-refractivity contribution in [2.75, 3.05) is 10.6 Å². The van der Waals surface area contributed by atoms with Crippen LogP contribution in [0.3, 0.4) is 0 Å². The number of aryl methyl sites for hydroxylation is 2. The van der Waals surface area contributed by atoms with Gasteiger partial charge in [0, 0.05) is 5.69 Å². The topological polar surface area (TPSA) is 104 Å². The third-order valence-electron chi connectivity index (χ3n) is 3.11. The molecule has 118 valence electrons. The van der Waals surface area contributed by atoms with Gasteiger partial charge in [0.15, 0.2) is 0 Å². The molecule has 0 saturated carbocycles. The van der Waals surface area contributed by atoms with Gasteiger partial charge in [0.1, 0.15) is 17.3 Å². The summed E-state index contributed by atoms with van der Waals surface area (Å²) in [5.41, 5.74) is 0.130. The van der Waals surface area contributed by atoms with Gasteiger partial charge in [0.05, 0.1) is 5.69 Å². The van der Waals surface area contributed by atoms with Crippen molar-refractivity contribution in [3.8, 4) is 0 Å². The second-order valence-electron chi connectivity index (χ2n) is 4.91. The lowest BCUT2D eigenvalue weighted by molar-refractivity contribution is 0.262. The second kappa shape index (κ2) is 5.52. The normalized spacial score (nSPS) is 10.7. The molecule has 2 heterocycles. The number of carbonyl (C=O) groups is 1. The van der Waals surface area contributed by atoms with E-state index in [4.69, 9.17) is 0 Å². The fourth-order valence-corrected chi connectivity index (χ4v) is 2.11. The Kier molecular flexibility index (Phi) is 3.53. The number of rotatable bonds is 2. The quantitative estimate of drug-likeness (QED) is 0.670. The highest BCUT2D eigenvalue weighted by Gasteiger charge is 2.14. The first-order chi connectivity index (χ1) is 10.9. The number of benzene rings is 1. The molecule has 8 nitrogen and oxygen atoms in total. The van der Waals surface area contributed by atoms with Crippen LogP contribution in [-0.2, 0) is 0 Å². The minimum absolute atomic E-state index is 0.0139. The van der Waals surface area contributed by atoms with E-state index in [1.165, 1.54) is 24.3 Å². The molecule has 2 amide bonds. The van der Waals surface area contributed by atoms with Crippen molar-refractivity contribution in [3.05, 3.63) is 52.0 Å². The maximum absolute atomic E-state index is 13.1. The molecule has 0 fully saturated rings. The van der Waals surface area contributed by atoms with Crippen molar-refractivity contribution in [1.29, 1.82) is 0 Å². The summed E-state index contributed by atoms with van der Waals surface area (Å²) in [6, 6.07) is 4.75. The lowest BCUT2D eigenvalue weighted by atomic mass is 10.3. The predicted molar refractivity (Wildman–Crippen MR) is 82.1 cm³/mol. The first kappa shape index (κ1) is 14.7. The summed E-state index contributed by atoms with van der Waals surface area (Å²) in [6.45, 7) is 3.27. The SMILES string of the molecule is Cc1nc2nc(C)c(NC(=O)Nc3cccc(F)c3)c(=O)n2[nH]1. The van der Waals surface area contributed by atoms with E-state index in [9.17, 15) is 14.0 Å². The number of hydrogen-bond acceptors (Lipinski definition) is 4. The Morgan fingerprint density at radius 2 is 2.04 bits per heavy atom. The summed E-state index contributed by atoms with van der Waals surface area (Å²) in [7, 11) is 0. The fourth-order valence-electron chi connectivity index (χ4n) is 2.11. The van der Waals surface area contributed by atoms with Crippen LogP contribution in [0.5, 0.6) is 0 Å². The Labute approximate surface area is 129 Å². The van der Waals surface area contributed by atoms with Crippen molar-refractivity contribution in [2.45, 2.75) is 13.8 Å². The molecule has 0 bridgehead atoms. The van der Waals surface area contributed by atoms with Crippen molar-refractivity contribution in [1.82, 2.24) is 19.6 Å². The molecule has 3 N–H and O–H groups in total. The minimum Gasteiger partial charge on any atom is -0.308 e. The van der Waals surface area contributed by atoms with Crippen LogP contribution in [0.15, 0.2) is 29.1 Å². The lowest BCUT2D eigenvalue weighted by Crippen LogP contribution is -2.28. The van der Waals surface area contributed by atoms with Crippen LogP contribution in [-0.4, -0.2) is 25.6 Å². The lowest BCUT2D eigenvalue weighted by Gasteiger charge is -2.09. The Hall–Kier alpha value is -3.23. The highest BCUT2D eigenvalue weighted by molar-refractivity contribution is 5.99. The number of aromatic amines is 1. The first-order valence-corrected chi connectivity index (χ1v) is 6.73. The monoisotopic (exact) mass is 316 g/mol. The third kappa shape index (κ3) is 2.89. The predicted octanol–water partition coefficient (Wildman–Crippen LogP) is 1.82. The number of nitrogens with zero attached hydrogens (tertiary/aromatic N) is 3. The van der Waals surface area contributed by atoms with Gasteiger partial charge in [-0.25, -0.2) is 14.2 Å². The largest absolute Gasteiger partial charge is 0.323 e. The van der Waals surface area contributed by atoms with Gasteiger partial charge in [0.2, 0.25) is 0 Å². The van der Waals surface area contributed by atoms with Gasteiger partial charge in [-0.3, -0.25) is 9.89 Å². The van der Waals surface area contributed by atoms with E-state index < -0.39 is 17.4 Å². The Morgan fingerprint density at radius 1 is 1.26 bits per heavy atom. The molecule has 3 rings (SSSR count). The number of anilines is 2. The van der Waals surface area contributed by atoms with Crippen LogP contribution >= 0.6 is 0 Å². The Bertz CT molecular complexity index is 962. The van der Waals surface area contributed by atoms with Crippen molar-refractivity contribution < 1.29 is 9.18 Å². The summed E-state index contributed by atoms with van der Waals surface area (Å²) in [4.78, 5) is 32.6. The summed E-state index contributed by atoms with van der Waals surface area (Å²) >= 11 is 0. The molecule has 0 aliphatic rings. The van der Waals surface area contributed by atoms with E-state index in [1.54, 1.807) is 13.8 Å². The van der Waals surface area contributed by atoms with E-state index in [-0.39, 0.29) is 17.2 Å². The van der Waals surface area contributed by atoms with Crippen molar-refractivity contribution >= 4 is 23.2 Å². The summed E-state index contributed by atoms with van der Waals surface area (Å²) in [5.74, 6) is 0.270. The van der Waals surface area contributed by atoms with Crippen LogP contribution in [0.4, 0.5) is 20.6 Å². The molecule has 2 aromatic heterocycles. The van der Waals surface area contributed by atoms with Gasteiger partial charge in [-0.05, 0) is 32.0 Å². The molecular weight excluding hydrogens is 303 g/mol. The highest BCUT2D eigenvalue weighted by atomic mass is 19.1. The average Bonchev–Trinajstić information content (AvgIpc) is 2.84. The van der Waals surface area contributed by atoms with Crippen LogP contribution in [0.1, 0.15) is 11.5 Å². The van der Waals surface area contributed by atoms with E-state index in [2.05, 4.69) is 25.7 Å². The standard InChI is InChI=1S/C14H13FN6O2/c1-7-11(12(22)21-13(16-7)17-8(2)20-21)19-14(23)18-10-5-3-4-9(15)6-10/h3-6H,1-2H3,(H,16,17,20)(H2,18,19,23). The molecule has 0 aliphatic carbocycles. The van der Waals surface area contributed by atoms with Crippen LogP contribution < -0.4 is 16.2 Å².